The zero-order valence-electron chi connectivity index (χ0n) is 17.0. The van der Waals surface area contributed by atoms with E-state index in [1.807, 2.05) is 6.92 Å². The molecule has 6 nitrogen and oxygen atoms in total. The number of benzene rings is 1. The summed E-state index contributed by atoms with van der Waals surface area (Å²) < 4.78 is 0. The lowest BCUT2D eigenvalue weighted by molar-refractivity contribution is -0.143. The number of amides is 1. The third-order valence-electron chi connectivity index (χ3n) is 5.63. The molecular formula is C22H24Cl3N3O3. The first-order valence-electron chi connectivity index (χ1n) is 10.1. The van der Waals surface area contributed by atoms with Crippen LogP contribution in [0.1, 0.15) is 54.6 Å². The molecule has 0 spiro atoms. The average molecular weight is 485 g/mol. The van der Waals surface area contributed by atoms with E-state index in [1.54, 1.807) is 24.3 Å². The van der Waals surface area contributed by atoms with Crippen molar-refractivity contribution in [2.45, 2.75) is 38.6 Å². The van der Waals surface area contributed by atoms with Gasteiger partial charge in [0.05, 0.1) is 22.5 Å². The minimum absolute atomic E-state index is 0.197. The van der Waals surface area contributed by atoms with Gasteiger partial charge in [-0.1, -0.05) is 34.8 Å². The van der Waals surface area contributed by atoms with Crippen LogP contribution in [0, 0.1) is 11.8 Å². The lowest BCUT2D eigenvalue weighted by Crippen LogP contribution is -2.32. The molecule has 1 heterocycles. The molecule has 3 rings (SSSR count). The number of anilines is 1. The van der Waals surface area contributed by atoms with Crippen LogP contribution in [0.4, 0.5) is 5.82 Å². The molecule has 1 aliphatic rings. The summed E-state index contributed by atoms with van der Waals surface area (Å²) in [6.45, 7) is 2.42. The number of carboxylic acid groups (broad SMARTS) is 1. The number of pyridine rings is 1. The predicted octanol–water partition coefficient (Wildman–Crippen LogP) is 5.84. The zero-order chi connectivity index (χ0) is 22.5. The summed E-state index contributed by atoms with van der Waals surface area (Å²) in [7, 11) is 0. The summed E-state index contributed by atoms with van der Waals surface area (Å²) in [5.74, 6) is -0.531. The Labute approximate surface area is 196 Å². The number of carboxylic acids is 1. The molecule has 3 N–H and O–H groups in total. The molecule has 0 saturated heterocycles. The van der Waals surface area contributed by atoms with Gasteiger partial charge in [0, 0.05) is 22.8 Å². The molecule has 0 unspecified atom stereocenters. The first-order valence-corrected chi connectivity index (χ1v) is 11.3. The summed E-state index contributed by atoms with van der Waals surface area (Å²) >= 11 is 18.7. The Balaban J connectivity index is 1.57. The van der Waals surface area contributed by atoms with Crippen LogP contribution < -0.4 is 10.6 Å². The Bertz CT molecular complexity index is 962. The van der Waals surface area contributed by atoms with E-state index < -0.39 is 5.97 Å². The van der Waals surface area contributed by atoms with Crippen LogP contribution in [0.15, 0.2) is 30.5 Å². The number of carbonyl (C=O) groups excluding carboxylic acids is 1. The van der Waals surface area contributed by atoms with Gasteiger partial charge in [-0.2, -0.15) is 0 Å². The Hall–Kier alpha value is -2.02. The van der Waals surface area contributed by atoms with Gasteiger partial charge in [-0.15, -0.1) is 0 Å². The molecule has 1 fully saturated rings. The molecule has 31 heavy (non-hydrogen) atoms. The van der Waals surface area contributed by atoms with Gasteiger partial charge in [-0.25, -0.2) is 4.98 Å². The molecule has 1 aromatic heterocycles. The number of aliphatic carboxylic acids is 1. The lowest BCUT2D eigenvalue weighted by atomic mass is 9.82. The summed E-state index contributed by atoms with van der Waals surface area (Å²) in [5.41, 5.74) is 1.18. The molecule has 0 bridgehead atoms. The van der Waals surface area contributed by atoms with Crippen LogP contribution >= 0.6 is 34.8 Å². The second kappa shape index (κ2) is 10.5. The first kappa shape index (κ1) is 23.6. The van der Waals surface area contributed by atoms with E-state index in [-0.39, 0.29) is 23.8 Å². The maximum Gasteiger partial charge on any atom is 0.306 e. The van der Waals surface area contributed by atoms with Gasteiger partial charge in [0.1, 0.15) is 5.82 Å². The van der Waals surface area contributed by atoms with Crippen LogP contribution in [-0.4, -0.2) is 28.5 Å². The number of hydrogen-bond donors (Lipinski definition) is 3. The fourth-order valence-electron chi connectivity index (χ4n) is 3.75. The van der Waals surface area contributed by atoms with Crippen LogP contribution in [0.5, 0.6) is 0 Å². The Kier molecular flexibility index (Phi) is 8.03. The maximum atomic E-state index is 12.5. The minimum Gasteiger partial charge on any atom is -0.481 e. The Morgan fingerprint density at radius 2 is 1.84 bits per heavy atom. The Morgan fingerprint density at radius 1 is 1.13 bits per heavy atom. The largest absolute Gasteiger partial charge is 0.481 e. The van der Waals surface area contributed by atoms with Crippen LogP contribution in [0.3, 0.4) is 0 Å². The molecule has 1 aliphatic carbocycles. The van der Waals surface area contributed by atoms with Gasteiger partial charge in [0.25, 0.3) is 5.91 Å². The van der Waals surface area contributed by atoms with Crippen molar-refractivity contribution in [3.8, 4) is 0 Å². The second-order valence-corrected chi connectivity index (χ2v) is 9.10. The summed E-state index contributed by atoms with van der Waals surface area (Å²) in [4.78, 5) is 27.8. The summed E-state index contributed by atoms with van der Waals surface area (Å²) in [5, 5.41) is 16.6. The third-order valence-corrected chi connectivity index (χ3v) is 6.50. The fraction of sp³-hybridized carbons (Fsp3) is 0.409. The molecule has 0 radical (unpaired) electrons. The van der Waals surface area contributed by atoms with Gasteiger partial charge in [0.15, 0.2) is 0 Å². The van der Waals surface area contributed by atoms with E-state index in [1.165, 1.54) is 6.20 Å². The number of carbonyl (C=O) groups is 2. The standard InChI is InChI=1S/C22H24Cl3N3O3/c1-12(17-9-16(23)6-7-18(17)24)28-20-19(25)8-15(11-26-20)21(29)27-10-13-2-4-14(5-3-13)22(30)31/h6-9,11-14H,2-5,10H2,1H3,(H,26,28)(H,27,29)(H,30,31)/t12-,13-,14-/m0/s1. The maximum absolute atomic E-state index is 12.5. The number of halogens is 3. The summed E-state index contributed by atoms with van der Waals surface area (Å²) in [6.07, 6.45) is 4.36. The highest BCUT2D eigenvalue weighted by molar-refractivity contribution is 6.34. The van der Waals surface area contributed by atoms with Crippen LogP contribution in [0.2, 0.25) is 15.1 Å². The van der Waals surface area contributed by atoms with Gasteiger partial charge < -0.3 is 15.7 Å². The van der Waals surface area contributed by atoms with E-state index >= 15 is 0 Å². The minimum atomic E-state index is -0.733. The van der Waals surface area contributed by atoms with Crippen molar-refractivity contribution in [2.75, 3.05) is 11.9 Å². The van der Waals surface area contributed by atoms with Gasteiger partial charge in [-0.05, 0) is 68.4 Å². The lowest BCUT2D eigenvalue weighted by Gasteiger charge is -2.26. The number of aromatic nitrogens is 1. The molecule has 1 atom stereocenters. The molecule has 2 aromatic rings. The monoisotopic (exact) mass is 483 g/mol. The van der Waals surface area contributed by atoms with Crippen molar-refractivity contribution in [3.05, 3.63) is 56.7 Å². The predicted molar refractivity (Wildman–Crippen MR) is 123 cm³/mol. The normalized spacial score (nSPS) is 19.5. The van der Waals surface area contributed by atoms with Gasteiger partial charge >= 0.3 is 5.97 Å². The topological polar surface area (TPSA) is 91.3 Å². The van der Waals surface area contributed by atoms with E-state index in [0.29, 0.717) is 45.8 Å². The van der Waals surface area contributed by atoms with Crippen LogP contribution in [-0.2, 0) is 4.79 Å². The molecular weight excluding hydrogens is 461 g/mol. The third kappa shape index (κ3) is 6.25. The fourth-order valence-corrected chi connectivity index (χ4v) is 4.43. The van der Waals surface area contributed by atoms with Crippen molar-refractivity contribution >= 4 is 52.5 Å². The Morgan fingerprint density at radius 3 is 2.48 bits per heavy atom. The molecule has 166 valence electrons. The number of nitrogens with zero attached hydrogens (tertiary/aromatic N) is 1. The number of nitrogens with one attached hydrogen (secondary N) is 2. The van der Waals surface area contributed by atoms with Crippen LogP contribution in [0.25, 0.3) is 0 Å². The molecule has 1 saturated carbocycles. The molecule has 0 aliphatic heterocycles. The van der Waals surface area contributed by atoms with Gasteiger partial charge in [0.2, 0.25) is 0 Å². The van der Waals surface area contributed by atoms with Crippen molar-refractivity contribution in [3.63, 3.8) is 0 Å². The molecule has 1 aromatic carbocycles. The molecule has 1 amide bonds. The quantitative estimate of drug-likeness (QED) is 0.459. The van der Waals surface area contributed by atoms with E-state index in [4.69, 9.17) is 39.9 Å². The smallest absolute Gasteiger partial charge is 0.306 e. The zero-order valence-corrected chi connectivity index (χ0v) is 19.3. The highest BCUT2D eigenvalue weighted by atomic mass is 35.5. The highest BCUT2D eigenvalue weighted by Gasteiger charge is 2.26. The van der Waals surface area contributed by atoms with Crippen molar-refractivity contribution < 1.29 is 14.7 Å². The molecule has 9 heteroatoms. The highest BCUT2D eigenvalue weighted by Crippen LogP contribution is 2.31. The average Bonchev–Trinajstić information content (AvgIpc) is 2.75. The van der Waals surface area contributed by atoms with Crippen molar-refractivity contribution in [1.82, 2.24) is 10.3 Å². The van der Waals surface area contributed by atoms with Gasteiger partial charge in [-0.3, -0.25) is 9.59 Å². The van der Waals surface area contributed by atoms with Crippen molar-refractivity contribution in [2.24, 2.45) is 11.8 Å². The second-order valence-electron chi connectivity index (χ2n) is 7.85. The summed E-state index contributed by atoms with van der Waals surface area (Å²) in [6, 6.07) is 6.60. The van der Waals surface area contributed by atoms with Crippen molar-refractivity contribution in [1.29, 1.82) is 0 Å². The first-order chi connectivity index (χ1) is 14.7. The van der Waals surface area contributed by atoms with E-state index in [9.17, 15) is 9.59 Å². The number of hydrogen-bond acceptors (Lipinski definition) is 4. The number of rotatable bonds is 7. The SMILES string of the molecule is C[C@H](Nc1ncc(C(=O)NC[C@H]2CC[C@H](C(=O)O)CC2)cc1Cl)c1cc(Cl)ccc1Cl. The van der Waals surface area contributed by atoms with E-state index in [2.05, 4.69) is 15.6 Å². The van der Waals surface area contributed by atoms with E-state index in [0.717, 1.165) is 18.4 Å².